The molecule has 2 aromatic heterocycles. The molecule has 4 rings (SSSR count). The number of rotatable bonds is 8. The Kier molecular flexibility index (Phi) is 6.24. The SMILES string of the molecule is O=C(CCC(=O)c1ccc(Cl)cc1)Nc1ccccc1Cc1nc(-c2ccco2)no1. The van der Waals surface area contributed by atoms with Crippen LogP contribution in [0.4, 0.5) is 5.69 Å². The van der Waals surface area contributed by atoms with Gasteiger partial charge in [0.25, 0.3) is 0 Å². The molecule has 0 bridgehead atoms. The van der Waals surface area contributed by atoms with Crippen molar-refractivity contribution in [3.8, 4) is 11.6 Å². The van der Waals surface area contributed by atoms with Gasteiger partial charge in [-0.3, -0.25) is 9.59 Å². The van der Waals surface area contributed by atoms with Crippen LogP contribution in [0.15, 0.2) is 75.9 Å². The average molecular weight is 436 g/mol. The van der Waals surface area contributed by atoms with E-state index in [0.717, 1.165) is 5.56 Å². The zero-order valence-corrected chi connectivity index (χ0v) is 17.1. The highest BCUT2D eigenvalue weighted by Crippen LogP contribution is 2.21. The maximum Gasteiger partial charge on any atom is 0.238 e. The lowest BCUT2D eigenvalue weighted by Crippen LogP contribution is -2.14. The third-order valence-electron chi connectivity index (χ3n) is 4.59. The van der Waals surface area contributed by atoms with Crippen molar-refractivity contribution in [1.82, 2.24) is 10.1 Å². The van der Waals surface area contributed by atoms with Gasteiger partial charge < -0.3 is 14.3 Å². The van der Waals surface area contributed by atoms with Crippen molar-refractivity contribution >= 4 is 29.0 Å². The molecular formula is C23H18ClN3O4. The molecule has 0 unspecified atom stereocenters. The number of ketones is 1. The fraction of sp³-hybridized carbons (Fsp3) is 0.130. The third-order valence-corrected chi connectivity index (χ3v) is 4.84. The van der Waals surface area contributed by atoms with Gasteiger partial charge in [-0.15, -0.1) is 0 Å². The normalized spacial score (nSPS) is 10.7. The minimum absolute atomic E-state index is 0.0684. The Balaban J connectivity index is 1.37. The molecule has 2 heterocycles. The van der Waals surface area contributed by atoms with Gasteiger partial charge in [0, 0.05) is 29.1 Å². The quantitative estimate of drug-likeness (QED) is 0.383. The van der Waals surface area contributed by atoms with E-state index in [9.17, 15) is 9.59 Å². The molecule has 0 aliphatic heterocycles. The first-order valence-corrected chi connectivity index (χ1v) is 9.99. The average Bonchev–Trinajstić information content (AvgIpc) is 3.46. The van der Waals surface area contributed by atoms with Gasteiger partial charge in [-0.05, 0) is 48.0 Å². The standard InChI is InChI=1S/C23H18ClN3O4/c24-17-9-7-15(8-10-17)19(28)11-12-21(29)25-18-5-2-1-4-16(18)14-22-26-23(27-31-22)20-6-3-13-30-20/h1-10,13H,11-12,14H2,(H,25,29). The van der Waals surface area contributed by atoms with Gasteiger partial charge >= 0.3 is 0 Å². The second-order valence-corrected chi connectivity index (χ2v) is 7.24. The molecule has 0 saturated carbocycles. The number of para-hydroxylation sites is 1. The molecule has 7 nitrogen and oxygen atoms in total. The minimum atomic E-state index is -0.253. The van der Waals surface area contributed by atoms with Gasteiger partial charge in [0.2, 0.25) is 17.6 Å². The largest absolute Gasteiger partial charge is 0.461 e. The summed E-state index contributed by atoms with van der Waals surface area (Å²) in [5, 5.41) is 7.33. The van der Waals surface area contributed by atoms with Crippen molar-refractivity contribution in [2.24, 2.45) is 0 Å². The molecular weight excluding hydrogens is 418 g/mol. The molecule has 2 aromatic carbocycles. The second-order valence-electron chi connectivity index (χ2n) is 6.80. The second kappa shape index (κ2) is 9.40. The van der Waals surface area contributed by atoms with E-state index >= 15 is 0 Å². The monoisotopic (exact) mass is 435 g/mol. The first-order chi connectivity index (χ1) is 15.1. The van der Waals surface area contributed by atoms with Gasteiger partial charge in [-0.2, -0.15) is 4.98 Å². The predicted octanol–water partition coefficient (Wildman–Crippen LogP) is 5.18. The Labute approximate surface area is 183 Å². The maximum absolute atomic E-state index is 12.4. The van der Waals surface area contributed by atoms with Crippen LogP contribution < -0.4 is 5.32 Å². The van der Waals surface area contributed by atoms with E-state index in [1.807, 2.05) is 18.2 Å². The van der Waals surface area contributed by atoms with Crippen LogP contribution in [0.5, 0.6) is 0 Å². The number of Topliss-reactive ketones (excluding diaryl/α,β-unsaturated/α-hetero) is 1. The summed E-state index contributed by atoms with van der Waals surface area (Å²) in [6.07, 6.45) is 2.05. The number of nitrogens with one attached hydrogen (secondary N) is 1. The molecule has 0 spiro atoms. The number of halogens is 1. The Morgan fingerprint density at radius 2 is 1.77 bits per heavy atom. The van der Waals surface area contributed by atoms with Crippen LogP contribution in [0.3, 0.4) is 0 Å². The van der Waals surface area contributed by atoms with Crippen LogP contribution in [0.2, 0.25) is 5.02 Å². The number of benzene rings is 2. The van der Waals surface area contributed by atoms with Crippen LogP contribution in [0, 0.1) is 0 Å². The number of aromatic nitrogens is 2. The molecule has 0 fully saturated rings. The smallest absolute Gasteiger partial charge is 0.238 e. The lowest BCUT2D eigenvalue weighted by molar-refractivity contribution is -0.116. The minimum Gasteiger partial charge on any atom is -0.461 e. The zero-order valence-electron chi connectivity index (χ0n) is 16.4. The molecule has 0 radical (unpaired) electrons. The number of carbonyl (C=O) groups excluding carboxylic acids is 2. The van der Waals surface area contributed by atoms with E-state index in [-0.39, 0.29) is 24.5 Å². The molecule has 0 atom stereocenters. The van der Waals surface area contributed by atoms with Crippen LogP contribution in [0.1, 0.15) is 34.7 Å². The van der Waals surface area contributed by atoms with Crippen LogP contribution in [0.25, 0.3) is 11.6 Å². The lowest BCUT2D eigenvalue weighted by atomic mass is 10.1. The summed E-state index contributed by atoms with van der Waals surface area (Å²) in [6, 6.07) is 17.4. The van der Waals surface area contributed by atoms with Crippen LogP contribution in [-0.2, 0) is 11.2 Å². The van der Waals surface area contributed by atoms with Crippen molar-refractivity contribution in [2.45, 2.75) is 19.3 Å². The molecule has 8 heteroatoms. The summed E-state index contributed by atoms with van der Waals surface area (Å²) in [5.74, 6) is 0.906. The van der Waals surface area contributed by atoms with E-state index in [1.54, 1.807) is 42.5 Å². The Morgan fingerprint density at radius 3 is 2.55 bits per heavy atom. The molecule has 0 saturated heterocycles. The van der Waals surface area contributed by atoms with E-state index < -0.39 is 0 Å². The molecule has 4 aromatic rings. The Hall–Kier alpha value is -3.71. The summed E-state index contributed by atoms with van der Waals surface area (Å²) >= 11 is 5.84. The highest BCUT2D eigenvalue weighted by Gasteiger charge is 2.15. The van der Waals surface area contributed by atoms with Crippen molar-refractivity contribution in [1.29, 1.82) is 0 Å². The summed E-state index contributed by atoms with van der Waals surface area (Å²) in [7, 11) is 0. The van der Waals surface area contributed by atoms with Crippen molar-refractivity contribution in [2.75, 3.05) is 5.32 Å². The van der Waals surface area contributed by atoms with Gasteiger partial charge in [-0.1, -0.05) is 35.0 Å². The molecule has 1 amide bonds. The first kappa shape index (κ1) is 20.6. The first-order valence-electron chi connectivity index (χ1n) is 9.61. The number of nitrogens with zero attached hydrogens (tertiary/aromatic N) is 2. The number of hydrogen-bond acceptors (Lipinski definition) is 6. The summed E-state index contributed by atoms with van der Waals surface area (Å²) in [4.78, 5) is 29.0. The topological polar surface area (TPSA) is 98.2 Å². The van der Waals surface area contributed by atoms with E-state index in [4.69, 9.17) is 20.5 Å². The van der Waals surface area contributed by atoms with Gasteiger partial charge in [0.05, 0.1) is 12.7 Å². The molecule has 0 aliphatic rings. The van der Waals surface area contributed by atoms with E-state index in [1.165, 1.54) is 6.26 Å². The highest BCUT2D eigenvalue weighted by molar-refractivity contribution is 6.30. The Bertz CT molecular complexity index is 1180. The van der Waals surface area contributed by atoms with Crippen molar-refractivity contribution in [3.05, 3.63) is 89.0 Å². The number of furan rings is 1. The van der Waals surface area contributed by atoms with E-state index in [0.29, 0.717) is 40.2 Å². The summed E-state index contributed by atoms with van der Waals surface area (Å²) in [5.41, 5.74) is 1.97. The number of carbonyl (C=O) groups is 2. The Morgan fingerprint density at radius 1 is 0.968 bits per heavy atom. The fourth-order valence-corrected chi connectivity index (χ4v) is 3.14. The van der Waals surface area contributed by atoms with Crippen LogP contribution in [-0.4, -0.2) is 21.8 Å². The third kappa shape index (κ3) is 5.26. The zero-order chi connectivity index (χ0) is 21.6. The number of amides is 1. The molecule has 1 N–H and O–H groups in total. The van der Waals surface area contributed by atoms with E-state index in [2.05, 4.69) is 15.5 Å². The van der Waals surface area contributed by atoms with Crippen LogP contribution >= 0.6 is 11.6 Å². The molecule has 156 valence electrons. The fourth-order valence-electron chi connectivity index (χ4n) is 3.01. The molecule has 0 aliphatic carbocycles. The van der Waals surface area contributed by atoms with Crippen molar-refractivity contribution < 1.29 is 18.5 Å². The van der Waals surface area contributed by atoms with Gasteiger partial charge in [0.1, 0.15) is 0 Å². The highest BCUT2D eigenvalue weighted by atomic mass is 35.5. The number of hydrogen-bond donors (Lipinski definition) is 1. The van der Waals surface area contributed by atoms with Gasteiger partial charge in [0.15, 0.2) is 11.5 Å². The van der Waals surface area contributed by atoms with Gasteiger partial charge in [-0.25, -0.2) is 0 Å². The maximum atomic E-state index is 12.4. The predicted molar refractivity (Wildman–Crippen MR) is 115 cm³/mol. The van der Waals surface area contributed by atoms with Crippen molar-refractivity contribution in [3.63, 3.8) is 0 Å². The molecule has 31 heavy (non-hydrogen) atoms. The number of anilines is 1. The summed E-state index contributed by atoms with van der Waals surface area (Å²) < 4.78 is 10.6. The summed E-state index contributed by atoms with van der Waals surface area (Å²) in [6.45, 7) is 0. The lowest BCUT2D eigenvalue weighted by Gasteiger charge is -2.09.